The number of rotatable bonds is 5. The molecule has 212 valence electrons. The summed E-state index contributed by atoms with van der Waals surface area (Å²) in [6, 6.07) is 2.91. The molecule has 1 unspecified atom stereocenters. The molecule has 0 saturated carbocycles. The Kier molecular flexibility index (Phi) is 7.38. The maximum atomic E-state index is 15.0. The lowest BCUT2D eigenvalue weighted by molar-refractivity contribution is -0.137. The summed E-state index contributed by atoms with van der Waals surface area (Å²) in [5.41, 5.74) is -2.52. The van der Waals surface area contributed by atoms with Crippen LogP contribution in [0.3, 0.4) is 0 Å². The molecule has 0 N–H and O–H groups in total. The third-order valence-electron chi connectivity index (χ3n) is 7.11. The summed E-state index contributed by atoms with van der Waals surface area (Å²) in [4.78, 5) is 33.1. The fraction of sp³-hybridized carbons (Fsp3) is 0.370. The van der Waals surface area contributed by atoms with Gasteiger partial charge in [0.2, 0.25) is 5.91 Å². The van der Waals surface area contributed by atoms with Crippen LogP contribution in [0, 0.1) is 11.6 Å². The highest BCUT2D eigenvalue weighted by atomic mass is 32.2. The molecule has 0 radical (unpaired) electrons. The Morgan fingerprint density at radius 2 is 1.98 bits per heavy atom. The number of aromatic nitrogens is 2. The Morgan fingerprint density at radius 3 is 2.60 bits per heavy atom. The number of carbonyl (C=O) groups excluding carboxylic acids is 1. The van der Waals surface area contributed by atoms with Crippen molar-refractivity contribution < 1.29 is 31.5 Å². The molecule has 1 fully saturated rings. The van der Waals surface area contributed by atoms with E-state index in [0.717, 1.165) is 30.0 Å². The summed E-state index contributed by atoms with van der Waals surface area (Å²) in [6.45, 7) is 6.22. The van der Waals surface area contributed by atoms with Crippen LogP contribution >= 0.6 is 11.8 Å². The van der Waals surface area contributed by atoms with Gasteiger partial charge in [-0.25, -0.2) is 13.6 Å². The largest absolute Gasteiger partial charge is 0.417 e. The molecule has 2 aliphatic rings. The van der Waals surface area contributed by atoms with Crippen LogP contribution in [0.2, 0.25) is 0 Å². The van der Waals surface area contributed by atoms with Gasteiger partial charge in [-0.1, -0.05) is 6.58 Å². The normalized spacial score (nSPS) is 19.3. The van der Waals surface area contributed by atoms with Crippen molar-refractivity contribution >= 4 is 34.4 Å². The van der Waals surface area contributed by atoms with Gasteiger partial charge in [-0.2, -0.15) is 18.2 Å². The number of anilines is 1. The average molecular weight is 581 g/mol. The van der Waals surface area contributed by atoms with E-state index in [2.05, 4.69) is 11.6 Å². The fourth-order valence-electron chi connectivity index (χ4n) is 5.36. The second kappa shape index (κ2) is 10.5. The first-order valence-electron chi connectivity index (χ1n) is 12.4. The number of alkyl halides is 3. The quantitative estimate of drug-likeness (QED) is 0.322. The fourth-order valence-corrected chi connectivity index (χ4v) is 6.79. The van der Waals surface area contributed by atoms with Crippen LogP contribution in [0.15, 0.2) is 46.6 Å². The van der Waals surface area contributed by atoms with Crippen LogP contribution in [-0.2, 0) is 22.3 Å². The molecule has 40 heavy (non-hydrogen) atoms. The van der Waals surface area contributed by atoms with E-state index in [1.807, 2.05) is 0 Å². The van der Waals surface area contributed by atoms with E-state index in [4.69, 9.17) is 4.74 Å². The van der Waals surface area contributed by atoms with Gasteiger partial charge in [0.1, 0.15) is 17.5 Å². The van der Waals surface area contributed by atoms with Crippen LogP contribution in [0.25, 0.3) is 22.0 Å². The van der Waals surface area contributed by atoms with E-state index >= 15 is 4.39 Å². The van der Waals surface area contributed by atoms with Gasteiger partial charge in [0, 0.05) is 66.8 Å². The smallest absolute Gasteiger partial charge is 0.383 e. The summed E-state index contributed by atoms with van der Waals surface area (Å²) in [5.74, 6) is -2.31. The summed E-state index contributed by atoms with van der Waals surface area (Å²) < 4.78 is 79.3. The van der Waals surface area contributed by atoms with Crippen molar-refractivity contribution in [2.24, 2.45) is 0 Å². The Bertz CT molecular complexity index is 1570. The number of methoxy groups -OCH3 is 1. The second-order valence-corrected chi connectivity index (χ2v) is 11.0. The molecule has 2 atom stereocenters. The van der Waals surface area contributed by atoms with Gasteiger partial charge >= 0.3 is 11.9 Å². The SMILES string of the molecule is C=CC(=O)N1CCN(c2nc(=O)n3c4c(c(-c5ccc(F)cc5F)c(C(F)(F)F)cc24)S[C@H](COC)C3)C(C)C1. The molecular weight excluding hydrogens is 555 g/mol. The number of hydrogen-bond donors (Lipinski definition) is 0. The van der Waals surface area contributed by atoms with Gasteiger partial charge in [0.15, 0.2) is 0 Å². The highest BCUT2D eigenvalue weighted by Crippen LogP contribution is 2.50. The molecule has 1 aromatic heterocycles. The first-order valence-corrected chi connectivity index (χ1v) is 13.3. The predicted molar refractivity (Wildman–Crippen MR) is 141 cm³/mol. The molecule has 3 aromatic rings. The standard InChI is InChI=1S/C27H25F5N4O3S/c1-4-21(37)34-7-8-35(14(2)11-34)25-18-10-19(27(30,31)32)22(17-6-5-15(28)9-20(17)29)24-23(18)36(26(38)33-25)12-16(40-24)13-39-3/h4-6,9-10,14,16H,1,7-8,11-13H2,2-3H3/t14?,16-/m0/s1. The first kappa shape index (κ1) is 28.1. The number of benzene rings is 2. The van der Waals surface area contributed by atoms with E-state index in [1.54, 1.807) is 16.7 Å². The minimum atomic E-state index is -4.92. The van der Waals surface area contributed by atoms with E-state index in [1.165, 1.54) is 17.8 Å². The van der Waals surface area contributed by atoms with Crippen molar-refractivity contribution in [3.63, 3.8) is 0 Å². The van der Waals surface area contributed by atoms with Crippen LogP contribution in [0.1, 0.15) is 12.5 Å². The number of halogens is 5. The number of hydrogen-bond acceptors (Lipinski definition) is 6. The zero-order valence-corrected chi connectivity index (χ0v) is 22.4. The Morgan fingerprint density at radius 1 is 1.23 bits per heavy atom. The number of carbonyl (C=O) groups is 1. The molecule has 5 rings (SSSR count). The molecule has 2 aromatic carbocycles. The number of amides is 1. The topological polar surface area (TPSA) is 67.7 Å². The van der Waals surface area contributed by atoms with E-state index < -0.39 is 45.4 Å². The van der Waals surface area contributed by atoms with E-state index in [-0.39, 0.29) is 66.4 Å². The molecule has 7 nitrogen and oxygen atoms in total. The average Bonchev–Trinajstić information content (AvgIpc) is 2.89. The number of piperazine rings is 1. The Labute approximate surface area is 230 Å². The van der Waals surface area contributed by atoms with E-state index in [9.17, 15) is 27.2 Å². The van der Waals surface area contributed by atoms with Gasteiger partial charge in [-0.3, -0.25) is 9.36 Å². The molecule has 13 heteroatoms. The minimum Gasteiger partial charge on any atom is -0.383 e. The molecule has 2 aliphatic heterocycles. The molecule has 0 bridgehead atoms. The third kappa shape index (κ3) is 4.85. The first-order chi connectivity index (χ1) is 18.9. The van der Waals surface area contributed by atoms with Crippen molar-refractivity contribution in [2.75, 3.05) is 38.3 Å². The zero-order chi connectivity index (χ0) is 28.9. The van der Waals surface area contributed by atoms with Crippen molar-refractivity contribution in [1.82, 2.24) is 14.5 Å². The Hall–Kier alpha value is -3.45. The zero-order valence-electron chi connectivity index (χ0n) is 21.6. The molecule has 1 amide bonds. The van der Waals surface area contributed by atoms with Gasteiger partial charge in [-0.15, -0.1) is 11.8 Å². The van der Waals surface area contributed by atoms with Crippen LogP contribution < -0.4 is 10.6 Å². The van der Waals surface area contributed by atoms with Gasteiger partial charge in [0.05, 0.1) is 22.9 Å². The lowest BCUT2D eigenvalue weighted by Gasteiger charge is -2.41. The van der Waals surface area contributed by atoms with Crippen LogP contribution in [0.5, 0.6) is 0 Å². The Balaban J connectivity index is 1.82. The monoisotopic (exact) mass is 580 g/mol. The summed E-state index contributed by atoms with van der Waals surface area (Å²) in [6.07, 6.45) is -3.73. The molecular formula is C27H25F5N4O3S. The highest BCUT2D eigenvalue weighted by molar-refractivity contribution is 8.00. The maximum Gasteiger partial charge on any atom is 0.417 e. The summed E-state index contributed by atoms with van der Waals surface area (Å²) in [7, 11) is 1.43. The molecule has 0 aliphatic carbocycles. The van der Waals surface area contributed by atoms with Gasteiger partial charge < -0.3 is 14.5 Å². The van der Waals surface area contributed by atoms with Crippen LogP contribution in [0.4, 0.5) is 27.8 Å². The van der Waals surface area contributed by atoms with Crippen molar-refractivity contribution in [3.8, 4) is 11.1 Å². The summed E-state index contributed by atoms with van der Waals surface area (Å²) >= 11 is 1.06. The van der Waals surface area contributed by atoms with Crippen LogP contribution in [-0.4, -0.2) is 65.0 Å². The van der Waals surface area contributed by atoms with E-state index in [0.29, 0.717) is 6.07 Å². The lowest BCUT2D eigenvalue weighted by atomic mass is 9.95. The van der Waals surface area contributed by atoms with Gasteiger partial charge in [-0.05, 0) is 31.2 Å². The predicted octanol–water partition coefficient (Wildman–Crippen LogP) is 4.70. The molecule has 3 heterocycles. The minimum absolute atomic E-state index is 0.0394. The number of nitrogens with zero attached hydrogens (tertiary/aromatic N) is 4. The number of ether oxygens (including phenoxy) is 1. The lowest BCUT2D eigenvalue weighted by Crippen LogP contribution is -2.54. The molecule has 1 saturated heterocycles. The maximum absolute atomic E-state index is 15.0. The third-order valence-corrected chi connectivity index (χ3v) is 8.37. The second-order valence-electron chi connectivity index (χ2n) is 9.70. The summed E-state index contributed by atoms with van der Waals surface area (Å²) in [5, 5.41) is -0.393. The van der Waals surface area contributed by atoms with Gasteiger partial charge in [0.25, 0.3) is 0 Å². The highest BCUT2D eigenvalue weighted by Gasteiger charge is 2.40. The number of thioether (sulfide) groups is 1. The van der Waals surface area contributed by atoms with Crippen molar-refractivity contribution in [2.45, 2.75) is 35.8 Å². The molecule has 0 spiro atoms. The van der Waals surface area contributed by atoms with Crippen molar-refractivity contribution in [1.29, 1.82) is 0 Å². The van der Waals surface area contributed by atoms with Crippen molar-refractivity contribution in [3.05, 3.63) is 64.6 Å².